The minimum absolute atomic E-state index is 0.517. The van der Waals surface area contributed by atoms with Gasteiger partial charge in [-0.2, -0.15) is 0 Å². The molecule has 1 aromatic carbocycles. The third-order valence-corrected chi connectivity index (χ3v) is 2.60. The molecule has 0 fully saturated rings. The van der Waals surface area contributed by atoms with Crippen LogP contribution in [0.4, 0.5) is 0 Å². The first-order chi connectivity index (χ1) is 6.81. The van der Waals surface area contributed by atoms with Gasteiger partial charge in [0.1, 0.15) is 5.75 Å². The normalized spacial score (nSPS) is 10.2. The zero-order chi connectivity index (χ0) is 10.4. The first-order valence-electron chi connectivity index (χ1n) is 5.03. The Morgan fingerprint density at radius 2 is 2.14 bits per heavy atom. The molecule has 0 spiro atoms. The number of methoxy groups -OCH3 is 1. The number of benzene rings is 1. The van der Waals surface area contributed by atoms with E-state index in [0.29, 0.717) is 5.88 Å². The predicted octanol–water partition coefficient (Wildman–Crippen LogP) is 3.78. The van der Waals surface area contributed by atoms with Crippen molar-refractivity contribution in [2.24, 2.45) is 0 Å². The second-order valence-electron chi connectivity index (χ2n) is 3.38. The molecule has 0 aliphatic carbocycles. The van der Waals surface area contributed by atoms with E-state index >= 15 is 0 Å². The number of ether oxygens (including phenoxy) is 1. The Hall–Kier alpha value is -0.690. The van der Waals surface area contributed by atoms with E-state index in [1.54, 1.807) is 7.11 Å². The maximum Gasteiger partial charge on any atom is 0.123 e. The highest BCUT2D eigenvalue weighted by Gasteiger charge is 2.02. The molecule has 78 valence electrons. The minimum atomic E-state index is 0.517. The van der Waals surface area contributed by atoms with Gasteiger partial charge in [-0.3, -0.25) is 0 Å². The summed E-state index contributed by atoms with van der Waals surface area (Å²) in [5.41, 5.74) is 2.44. The Morgan fingerprint density at radius 1 is 1.36 bits per heavy atom. The molecule has 0 heterocycles. The third-order valence-electron chi connectivity index (χ3n) is 2.31. The number of rotatable bonds is 5. The fraction of sp³-hybridized carbons (Fsp3) is 0.500. The molecule has 1 nitrogen and oxygen atoms in total. The van der Waals surface area contributed by atoms with E-state index in [1.165, 1.54) is 18.4 Å². The van der Waals surface area contributed by atoms with Gasteiger partial charge < -0.3 is 4.74 Å². The number of unbranched alkanes of at least 4 members (excludes halogenated alkanes) is 1. The van der Waals surface area contributed by atoms with Crippen molar-refractivity contribution in [2.45, 2.75) is 32.1 Å². The van der Waals surface area contributed by atoms with E-state index in [-0.39, 0.29) is 0 Å². The van der Waals surface area contributed by atoms with Crippen LogP contribution in [0.5, 0.6) is 5.75 Å². The molecule has 0 aliphatic rings. The van der Waals surface area contributed by atoms with Crippen LogP contribution in [0, 0.1) is 0 Å². The number of halogens is 1. The average Bonchev–Trinajstić information content (AvgIpc) is 2.25. The molecule has 0 unspecified atom stereocenters. The minimum Gasteiger partial charge on any atom is -0.496 e. The van der Waals surface area contributed by atoms with Gasteiger partial charge in [-0.05, 0) is 24.5 Å². The molecule has 0 aromatic heterocycles. The standard InChI is InChI=1S/C12H17ClO/c1-3-4-5-10-6-7-12(14-2)11(8-10)9-13/h6-8H,3-5,9H2,1-2H3. The van der Waals surface area contributed by atoms with Gasteiger partial charge in [0.15, 0.2) is 0 Å². The highest BCUT2D eigenvalue weighted by atomic mass is 35.5. The predicted molar refractivity (Wildman–Crippen MR) is 61.2 cm³/mol. The lowest BCUT2D eigenvalue weighted by Gasteiger charge is -2.08. The van der Waals surface area contributed by atoms with Gasteiger partial charge in [0.2, 0.25) is 0 Å². The van der Waals surface area contributed by atoms with E-state index in [4.69, 9.17) is 16.3 Å². The van der Waals surface area contributed by atoms with Gasteiger partial charge in [0.05, 0.1) is 13.0 Å². The van der Waals surface area contributed by atoms with E-state index in [1.807, 2.05) is 6.07 Å². The van der Waals surface area contributed by atoms with Crippen LogP contribution in [0.3, 0.4) is 0 Å². The molecule has 0 amide bonds. The summed E-state index contributed by atoms with van der Waals surface area (Å²) < 4.78 is 5.21. The number of alkyl halides is 1. The molecular weight excluding hydrogens is 196 g/mol. The summed E-state index contributed by atoms with van der Waals surface area (Å²) in [6.07, 6.45) is 3.58. The van der Waals surface area contributed by atoms with Crippen LogP contribution in [-0.4, -0.2) is 7.11 Å². The van der Waals surface area contributed by atoms with Crippen LogP contribution in [0.2, 0.25) is 0 Å². The summed E-state index contributed by atoms with van der Waals surface area (Å²) in [6, 6.07) is 6.26. The van der Waals surface area contributed by atoms with Gasteiger partial charge in [0.25, 0.3) is 0 Å². The first-order valence-corrected chi connectivity index (χ1v) is 5.57. The first kappa shape index (κ1) is 11.4. The molecule has 2 heteroatoms. The van der Waals surface area contributed by atoms with E-state index in [9.17, 15) is 0 Å². The fourth-order valence-corrected chi connectivity index (χ4v) is 1.68. The average molecular weight is 213 g/mol. The van der Waals surface area contributed by atoms with Crippen LogP contribution in [0.15, 0.2) is 18.2 Å². The quantitative estimate of drug-likeness (QED) is 0.675. The van der Waals surface area contributed by atoms with Crippen molar-refractivity contribution in [3.05, 3.63) is 29.3 Å². The third kappa shape index (κ3) is 2.91. The Morgan fingerprint density at radius 3 is 2.71 bits per heavy atom. The zero-order valence-electron chi connectivity index (χ0n) is 8.85. The Balaban J connectivity index is 2.79. The monoisotopic (exact) mass is 212 g/mol. The fourth-order valence-electron chi connectivity index (χ4n) is 1.47. The molecule has 1 rings (SSSR count). The zero-order valence-corrected chi connectivity index (χ0v) is 9.60. The SMILES string of the molecule is CCCCc1ccc(OC)c(CCl)c1. The van der Waals surface area contributed by atoms with Crippen molar-refractivity contribution in [1.82, 2.24) is 0 Å². The molecule has 14 heavy (non-hydrogen) atoms. The van der Waals surface area contributed by atoms with Crippen molar-refractivity contribution in [3.8, 4) is 5.75 Å². The molecule has 0 radical (unpaired) electrons. The number of hydrogen-bond acceptors (Lipinski definition) is 1. The Labute approximate surface area is 91.0 Å². The lowest BCUT2D eigenvalue weighted by Crippen LogP contribution is -1.92. The summed E-state index contributed by atoms with van der Waals surface area (Å²) in [5.74, 6) is 1.41. The topological polar surface area (TPSA) is 9.23 Å². The maximum absolute atomic E-state index is 5.84. The van der Waals surface area contributed by atoms with Crippen molar-refractivity contribution in [1.29, 1.82) is 0 Å². The van der Waals surface area contributed by atoms with Gasteiger partial charge in [-0.1, -0.05) is 25.5 Å². The lowest BCUT2D eigenvalue weighted by molar-refractivity contribution is 0.411. The van der Waals surface area contributed by atoms with Gasteiger partial charge in [-0.15, -0.1) is 11.6 Å². The van der Waals surface area contributed by atoms with Crippen LogP contribution in [-0.2, 0) is 12.3 Å². The van der Waals surface area contributed by atoms with E-state index < -0.39 is 0 Å². The molecule has 0 saturated heterocycles. The lowest BCUT2D eigenvalue weighted by atomic mass is 10.1. The highest BCUT2D eigenvalue weighted by molar-refractivity contribution is 6.17. The van der Waals surface area contributed by atoms with Gasteiger partial charge in [-0.25, -0.2) is 0 Å². The second kappa shape index (κ2) is 5.92. The van der Waals surface area contributed by atoms with E-state index in [0.717, 1.165) is 17.7 Å². The summed E-state index contributed by atoms with van der Waals surface area (Å²) in [5, 5.41) is 0. The van der Waals surface area contributed by atoms with Crippen LogP contribution < -0.4 is 4.74 Å². The summed E-state index contributed by atoms with van der Waals surface area (Å²) in [4.78, 5) is 0. The summed E-state index contributed by atoms with van der Waals surface area (Å²) in [7, 11) is 1.68. The largest absolute Gasteiger partial charge is 0.496 e. The van der Waals surface area contributed by atoms with E-state index in [2.05, 4.69) is 19.1 Å². The Kier molecular flexibility index (Phi) is 4.81. The summed E-state index contributed by atoms with van der Waals surface area (Å²) >= 11 is 5.84. The Bertz CT molecular complexity index is 284. The summed E-state index contributed by atoms with van der Waals surface area (Å²) in [6.45, 7) is 2.20. The molecule has 0 atom stereocenters. The molecular formula is C12H17ClO. The molecule has 1 aromatic rings. The van der Waals surface area contributed by atoms with Crippen molar-refractivity contribution in [3.63, 3.8) is 0 Å². The van der Waals surface area contributed by atoms with Crippen molar-refractivity contribution >= 4 is 11.6 Å². The van der Waals surface area contributed by atoms with Crippen LogP contribution in [0.25, 0.3) is 0 Å². The maximum atomic E-state index is 5.84. The van der Waals surface area contributed by atoms with Gasteiger partial charge in [0, 0.05) is 5.56 Å². The smallest absolute Gasteiger partial charge is 0.123 e. The van der Waals surface area contributed by atoms with Gasteiger partial charge >= 0.3 is 0 Å². The van der Waals surface area contributed by atoms with Crippen molar-refractivity contribution in [2.75, 3.05) is 7.11 Å². The van der Waals surface area contributed by atoms with Crippen LogP contribution in [0.1, 0.15) is 30.9 Å². The molecule has 0 bridgehead atoms. The number of aryl methyl sites for hydroxylation is 1. The highest BCUT2D eigenvalue weighted by Crippen LogP contribution is 2.22. The second-order valence-corrected chi connectivity index (χ2v) is 3.65. The van der Waals surface area contributed by atoms with Crippen molar-refractivity contribution < 1.29 is 4.74 Å². The van der Waals surface area contributed by atoms with Crippen LogP contribution >= 0.6 is 11.6 Å². The molecule has 0 N–H and O–H groups in total. The molecule has 0 saturated carbocycles. The number of hydrogen-bond donors (Lipinski definition) is 0. The molecule has 0 aliphatic heterocycles.